The molecule has 2 aromatic carbocycles. The predicted octanol–water partition coefficient (Wildman–Crippen LogP) is 4.77. The van der Waals surface area contributed by atoms with Crippen LogP contribution >= 0.6 is 12.6 Å². The van der Waals surface area contributed by atoms with Gasteiger partial charge in [0.05, 0.1) is 6.20 Å². The second-order valence-corrected chi connectivity index (χ2v) is 8.08. The molecule has 5 nitrogen and oxygen atoms in total. The van der Waals surface area contributed by atoms with Crippen molar-refractivity contribution in [1.82, 2.24) is 15.5 Å². The van der Waals surface area contributed by atoms with Crippen molar-refractivity contribution in [2.24, 2.45) is 5.92 Å². The maximum Gasteiger partial charge on any atom is 0.0565 e. The average Bonchev–Trinajstić information content (AvgIpc) is 3.41. The smallest absolute Gasteiger partial charge is 0.0565 e. The number of nitrogens with zero attached hydrogens (tertiary/aromatic N) is 1. The molecular weight excluding hydrogens is 378 g/mol. The zero-order valence-corrected chi connectivity index (χ0v) is 17.8. The second-order valence-electron chi connectivity index (χ2n) is 7.56. The van der Waals surface area contributed by atoms with Crippen LogP contribution in [-0.2, 0) is 0 Å². The van der Waals surface area contributed by atoms with Crippen LogP contribution in [0.25, 0.3) is 11.1 Å². The highest BCUT2D eigenvalue weighted by atomic mass is 32.1. The van der Waals surface area contributed by atoms with E-state index in [0.29, 0.717) is 12.0 Å². The molecular formula is C23H29N5S. The SMILES string of the molecule is C[C@H]1CC(CNc2ccc(-c3cn[nH]c3)cc2C=N)CN1.Cc1ccc(S)cc1. The van der Waals surface area contributed by atoms with E-state index in [0.717, 1.165) is 40.4 Å². The molecule has 0 aliphatic carbocycles. The van der Waals surface area contributed by atoms with Crippen LogP contribution < -0.4 is 10.6 Å². The lowest BCUT2D eigenvalue weighted by Crippen LogP contribution is -2.19. The normalized spacial score (nSPS) is 18.0. The topological polar surface area (TPSA) is 76.6 Å². The maximum atomic E-state index is 7.63. The number of hydrogen-bond donors (Lipinski definition) is 5. The highest BCUT2D eigenvalue weighted by Crippen LogP contribution is 2.24. The van der Waals surface area contributed by atoms with Gasteiger partial charge in [0, 0.05) is 46.7 Å². The lowest BCUT2D eigenvalue weighted by Gasteiger charge is -2.14. The second kappa shape index (κ2) is 10.3. The number of rotatable bonds is 5. The molecule has 0 bridgehead atoms. The monoisotopic (exact) mass is 407 g/mol. The molecule has 29 heavy (non-hydrogen) atoms. The number of aromatic nitrogens is 2. The molecule has 152 valence electrons. The van der Waals surface area contributed by atoms with Crippen LogP contribution in [0.1, 0.15) is 24.5 Å². The minimum Gasteiger partial charge on any atom is -0.384 e. The summed E-state index contributed by atoms with van der Waals surface area (Å²) in [4.78, 5) is 1.02. The van der Waals surface area contributed by atoms with E-state index in [1.54, 1.807) is 6.20 Å². The summed E-state index contributed by atoms with van der Waals surface area (Å²) >= 11 is 4.13. The summed E-state index contributed by atoms with van der Waals surface area (Å²) in [6.45, 7) is 6.31. The van der Waals surface area contributed by atoms with Gasteiger partial charge in [0.15, 0.2) is 0 Å². The van der Waals surface area contributed by atoms with Gasteiger partial charge in [-0.3, -0.25) is 5.10 Å². The number of hydrogen-bond acceptors (Lipinski definition) is 5. The van der Waals surface area contributed by atoms with Gasteiger partial charge in [-0.15, -0.1) is 12.6 Å². The zero-order chi connectivity index (χ0) is 20.6. The van der Waals surface area contributed by atoms with E-state index >= 15 is 0 Å². The van der Waals surface area contributed by atoms with Crippen molar-refractivity contribution in [3.63, 3.8) is 0 Å². The number of benzene rings is 2. The van der Waals surface area contributed by atoms with Crippen molar-refractivity contribution in [1.29, 1.82) is 5.41 Å². The number of aryl methyl sites for hydroxylation is 1. The van der Waals surface area contributed by atoms with Gasteiger partial charge in [-0.2, -0.15) is 5.10 Å². The van der Waals surface area contributed by atoms with Crippen molar-refractivity contribution in [2.45, 2.75) is 31.2 Å². The summed E-state index contributed by atoms with van der Waals surface area (Å²) in [7, 11) is 0. The van der Waals surface area contributed by atoms with E-state index in [-0.39, 0.29) is 0 Å². The molecule has 0 spiro atoms. The third kappa shape index (κ3) is 6.21. The zero-order valence-electron chi connectivity index (χ0n) is 16.9. The first-order valence-electron chi connectivity index (χ1n) is 9.91. The van der Waals surface area contributed by atoms with E-state index < -0.39 is 0 Å². The Labute approximate surface area is 178 Å². The standard InChI is InChI=1S/C16H21N5.C7H8S/c1-11-4-12(7-18-11)8-19-16-3-2-13(5-14(16)6-17)15-9-20-21-10-15;1-6-2-4-7(8)5-3-6/h2-3,5-6,9-12,17-19H,4,7-8H2,1H3,(H,20,21);2-5,8H,1H3/t11-,12?;/m0./s1. The van der Waals surface area contributed by atoms with Gasteiger partial charge in [-0.05, 0) is 62.6 Å². The molecule has 2 heterocycles. The summed E-state index contributed by atoms with van der Waals surface area (Å²) in [5, 5.41) is 21.4. The Morgan fingerprint density at radius 1 is 1.21 bits per heavy atom. The van der Waals surface area contributed by atoms with Crippen LogP contribution in [0, 0.1) is 18.3 Å². The van der Waals surface area contributed by atoms with Gasteiger partial charge in [-0.25, -0.2) is 0 Å². The van der Waals surface area contributed by atoms with Crippen molar-refractivity contribution < 1.29 is 0 Å². The van der Waals surface area contributed by atoms with Crippen LogP contribution in [0.5, 0.6) is 0 Å². The molecule has 1 aromatic heterocycles. The third-order valence-corrected chi connectivity index (χ3v) is 5.39. The maximum absolute atomic E-state index is 7.63. The number of aromatic amines is 1. The van der Waals surface area contributed by atoms with Gasteiger partial charge in [-0.1, -0.05) is 23.8 Å². The Hall–Kier alpha value is -2.57. The first kappa shape index (κ1) is 21.1. The van der Waals surface area contributed by atoms with Crippen molar-refractivity contribution in [2.75, 3.05) is 18.4 Å². The fraction of sp³-hybridized carbons (Fsp3) is 0.304. The largest absolute Gasteiger partial charge is 0.384 e. The van der Waals surface area contributed by atoms with Gasteiger partial charge < -0.3 is 16.0 Å². The molecule has 1 saturated heterocycles. The first-order valence-corrected chi connectivity index (χ1v) is 10.4. The quantitative estimate of drug-likeness (QED) is 0.312. The minimum absolute atomic E-state index is 0.613. The van der Waals surface area contributed by atoms with Gasteiger partial charge >= 0.3 is 0 Å². The van der Waals surface area contributed by atoms with Crippen LogP contribution in [0.4, 0.5) is 5.69 Å². The van der Waals surface area contributed by atoms with E-state index in [4.69, 9.17) is 5.41 Å². The summed E-state index contributed by atoms with van der Waals surface area (Å²) in [5.41, 5.74) is 5.33. The number of nitrogens with one attached hydrogen (secondary N) is 4. The average molecular weight is 408 g/mol. The Kier molecular flexibility index (Phi) is 7.49. The summed E-state index contributed by atoms with van der Waals surface area (Å²) in [6, 6.07) is 14.8. The number of thiol groups is 1. The highest BCUT2D eigenvalue weighted by molar-refractivity contribution is 7.80. The molecule has 3 aromatic rings. The van der Waals surface area contributed by atoms with Crippen LogP contribution in [0.15, 0.2) is 59.8 Å². The molecule has 1 unspecified atom stereocenters. The molecule has 2 atom stereocenters. The van der Waals surface area contributed by atoms with Crippen LogP contribution in [0.3, 0.4) is 0 Å². The van der Waals surface area contributed by atoms with Gasteiger partial charge in [0.1, 0.15) is 0 Å². The molecule has 6 heteroatoms. The molecule has 0 amide bonds. The highest BCUT2D eigenvalue weighted by Gasteiger charge is 2.20. The predicted molar refractivity (Wildman–Crippen MR) is 124 cm³/mol. The minimum atomic E-state index is 0.613. The van der Waals surface area contributed by atoms with E-state index in [9.17, 15) is 0 Å². The lowest BCUT2D eigenvalue weighted by molar-refractivity contribution is 0.596. The fourth-order valence-electron chi connectivity index (χ4n) is 3.42. The molecule has 0 radical (unpaired) electrons. The van der Waals surface area contributed by atoms with Crippen LogP contribution in [0.2, 0.25) is 0 Å². The lowest BCUT2D eigenvalue weighted by atomic mass is 10.0. The molecule has 0 saturated carbocycles. The van der Waals surface area contributed by atoms with E-state index in [1.807, 2.05) is 36.5 Å². The number of H-pyrrole nitrogens is 1. The fourth-order valence-corrected chi connectivity index (χ4v) is 3.57. The van der Waals surface area contributed by atoms with Crippen molar-refractivity contribution >= 4 is 24.5 Å². The molecule has 1 fully saturated rings. The van der Waals surface area contributed by atoms with Crippen molar-refractivity contribution in [3.8, 4) is 11.1 Å². The third-order valence-electron chi connectivity index (χ3n) is 5.10. The molecule has 4 N–H and O–H groups in total. The Balaban J connectivity index is 0.000000252. The van der Waals surface area contributed by atoms with Gasteiger partial charge in [0.25, 0.3) is 0 Å². The molecule has 4 rings (SSSR count). The summed E-state index contributed by atoms with van der Waals surface area (Å²) in [6.07, 6.45) is 6.27. The Morgan fingerprint density at radius 3 is 2.59 bits per heavy atom. The van der Waals surface area contributed by atoms with Crippen molar-refractivity contribution in [3.05, 3.63) is 66.0 Å². The first-order chi connectivity index (χ1) is 14.0. The van der Waals surface area contributed by atoms with E-state index in [1.165, 1.54) is 18.2 Å². The molecule has 1 aliphatic heterocycles. The number of anilines is 1. The molecule has 1 aliphatic rings. The summed E-state index contributed by atoms with van der Waals surface area (Å²) in [5.74, 6) is 0.659. The van der Waals surface area contributed by atoms with E-state index in [2.05, 4.69) is 59.4 Å². The van der Waals surface area contributed by atoms with Gasteiger partial charge in [0.2, 0.25) is 0 Å². The Morgan fingerprint density at radius 2 is 2.00 bits per heavy atom. The Bertz CT molecular complexity index is 885. The summed E-state index contributed by atoms with van der Waals surface area (Å²) < 4.78 is 0. The van der Waals surface area contributed by atoms with Crippen LogP contribution in [-0.4, -0.2) is 35.5 Å².